The average Bonchev–Trinajstić information content (AvgIpc) is 2.77. The summed E-state index contributed by atoms with van der Waals surface area (Å²) in [6.07, 6.45) is 3.23. The Bertz CT molecular complexity index is 1230. The Morgan fingerprint density at radius 2 is 1.48 bits per heavy atom. The number of halogens is 1. The Hall–Kier alpha value is -3.66. The first kappa shape index (κ1) is 20.6. The van der Waals surface area contributed by atoms with Crippen LogP contribution in [0.3, 0.4) is 0 Å². The SMILES string of the molecule is O=C(O)c1ccc(-c2ccc(F)cc2)cc1CCCCc1cccc2ccc(O)cc12. The number of aromatic hydroxyl groups is 1. The standard InChI is InChI=1S/C27H23FO3/c28-23-12-8-18(9-13-23)21-11-15-25(27(30)31)22(16-21)5-2-1-4-19-6-3-7-20-10-14-24(29)17-26(19)20/h3,6-17,29H,1-2,4-5H2,(H,30,31). The number of fused-ring (bicyclic) bond motifs is 1. The first-order chi connectivity index (χ1) is 15.0. The Balaban J connectivity index is 1.49. The van der Waals surface area contributed by atoms with Gasteiger partial charge in [0, 0.05) is 0 Å². The number of hydrogen-bond donors (Lipinski definition) is 2. The Labute approximate surface area is 180 Å². The highest BCUT2D eigenvalue weighted by atomic mass is 19.1. The van der Waals surface area contributed by atoms with E-state index in [0.29, 0.717) is 12.0 Å². The molecule has 156 valence electrons. The molecule has 0 radical (unpaired) electrons. The molecule has 4 heteroatoms. The number of rotatable bonds is 7. The highest BCUT2D eigenvalue weighted by Gasteiger charge is 2.12. The second-order valence-corrected chi connectivity index (χ2v) is 7.71. The van der Waals surface area contributed by atoms with Crippen molar-refractivity contribution >= 4 is 16.7 Å². The predicted molar refractivity (Wildman–Crippen MR) is 121 cm³/mol. The zero-order valence-corrected chi connectivity index (χ0v) is 17.0. The van der Waals surface area contributed by atoms with Crippen LogP contribution in [0.15, 0.2) is 78.9 Å². The monoisotopic (exact) mass is 414 g/mol. The van der Waals surface area contributed by atoms with Crippen molar-refractivity contribution in [1.82, 2.24) is 0 Å². The molecule has 0 aliphatic carbocycles. The van der Waals surface area contributed by atoms with Crippen molar-refractivity contribution in [3.8, 4) is 16.9 Å². The van der Waals surface area contributed by atoms with E-state index in [-0.39, 0.29) is 11.6 Å². The maximum absolute atomic E-state index is 13.2. The number of unbranched alkanes of at least 4 members (excludes halogenated alkanes) is 1. The fraction of sp³-hybridized carbons (Fsp3) is 0.148. The van der Waals surface area contributed by atoms with Gasteiger partial charge in [0.15, 0.2) is 0 Å². The van der Waals surface area contributed by atoms with Gasteiger partial charge < -0.3 is 10.2 Å². The second-order valence-electron chi connectivity index (χ2n) is 7.71. The molecule has 4 aromatic carbocycles. The van der Waals surface area contributed by atoms with Gasteiger partial charge in [-0.25, -0.2) is 9.18 Å². The number of carboxylic acid groups (broad SMARTS) is 1. The van der Waals surface area contributed by atoms with E-state index in [9.17, 15) is 19.4 Å². The number of phenolic OH excluding ortho intramolecular Hbond substituents is 1. The molecule has 0 aliphatic rings. The lowest BCUT2D eigenvalue weighted by atomic mass is 9.94. The summed E-state index contributed by atoms with van der Waals surface area (Å²) in [7, 11) is 0. The molecule has 31 heavy (non-hydrogen) atoms. The Morgan fingerprint density at radius 3 is 2.23 bits per heavy atom. The van der Waals surface area contributed by atoms with Crippen LogP contribution in [0, 0.1) is 5.82 Å². The van der Waals surface area contributed by atoms with Crippen LogP contribution in [0.2, 0.25) is 0 Å². The molecule has 0 saturated carbocycles. The number of aromatic carboxylic acids is 1. The topological polar surface area (TPSA) is 57.5 Å². The van der Waals surface area contributed by atoms with Gasteiger partial charge in [-0.2, -0.15) is 0 Å². The molecule has 4 rings (SSSR count). The molecular formula is C27H23FO3. The third-order valence-corrected chi connectivity index (χ3v) is 5.61. The minimum Gasteiger partial charge on any atom is -0.508 e. The molecule has 4 aromatic rings. The molecule has 0 amide bonds. The molecule has 0 aliphatic heterocycles. The number of carboxylic acids is 1. The maximum atomic E-state index is 13.2. The van der Waals surface area contributed by atoms with Gasteiger partial charge >= 0.3 is 5.97 Å². The summed E-state index contributed by atoms with van der Waals surface area (Å²) in [4.78, 5) is 11.7. The fourth-order valence-corrected chi connectivity index (χ4v) is 4.01. The molecule has 0 heterocycles. The summed E-state index contributed by atoms with van der Waals surface area (Å²) in [5, 5.41) is 21.5. The summed E-state index contributed by atoms with van der Waals surface area (Å²) < 4.78 is 13.2. The molecule has 0 unspecified atom stereocenters. The molecular weight excluding hydrogens is 391 g/mol. The molecule has 0 saturated heterocycles. The van der Waals surface area contributed by atoms with Gasteiger partial charge in [0.1, 0.15) is 11.6 Å². The quantitative estimate of drug-likeness (QED) is 0.334. The van der Waals surface area contributed by atoms with Gasteiger partial charge in [0.25, 0.3) is 0 Å². The first-order valence-electron chi connectivity index (χ1n) is 10.3. The van der Waals surface area contributed by atoms with Crippen LogP contribution in [-0.2, 0) is 12.8 Å². The van der Waals surface area contributed by atoms with E-state index < -0.39 is 5.97 Å². The van der Waals surface area contributed by atoms with E-state index in [2.05, 4.69) is 6.07 Å². The number of aryl methyl sites for hydroxylation is 2. The van der Waals surface area contributed by atoms with Crippen LogP contribution >= 0.6 is 0 Å². The average molecular weight is 414 g/mol. The van der Waals surface area contributed by atoms with Gasteiger partial charge in [-0.15, -0.1) is 0 Å². The van der Waals surface area contributed by atoms with E-state index in [0.717, 1.165) is 46.7 Å². The highest BCUT2D eigenvalue weighted by Crippen LogP contribution is 2.26. The number of benzene rings is 4. The van der Waals surface area contributed by atoms with E-state index >= 15 is 0 Å². The smallest absolute Gasteiger partial charge is 0.335 e. The summed E-state index contributed by atoms with van der Waals surface area (Å²) in [5.41, 5.74) is 4.00. The Kier molecular flexibility index (Phi) is 5.99. The Morgan fingerprint density at radius 1 is 0.774 bits per heavy atom. The summed E-state index contributed by atoms with van der Waals surface area (Å²) in [5.74, 6) is -0.985. The molecule has 0 spiro atoms. The van der Waals surface area contributed by atoms with E-state index in [4.69, 9.17) is 0 Å². The van der Waals surface area contributed by atoms with Crippen LogP contribution in [0.5, 0.6) is 5.75 Å². The normalized spacial score (nSPS) is 11.0. The predicted octanol–water partition coefficient (Wildman–Crippen LogP) is 6.62. The molecule has 3 nitrogen and oxygen atoms in total. The van der Waals surface area contributed by atoms with Crippen molar-refractivity contribution in [2.24, 2.45) is 0 Å². The van der Waals surface area contributed by atoms with Crippen molar-refractivity contribution in [1.29, 1.82) is 0 Å². The molecule has 0 bridgehead atoms. The van der Waals surface area contributed by atoms with Gasteiger partial charge in [0.2, 0.25) is 0 Å². The number of hydrogen-bond acceptors (Lipinski definition) is 2. The van der Waals surface area contributed by atoms with E-state index in [1.165, 1.54) is 17.7 Å². The summed E-state index contributed by atoms with van der Waals surface area (Å²) in [6, 6.07) is 23.0. The number of carbonyl (C=O) groups is 1. The zero-order chi connectivity index (χ0) is 21.8. The maximum Gasteiger partial charge on any atom is 0.335 e. The van der Waals surface area contributed by atoms with Crippen LogP contribution in [-0.4, -0.2) is 16.2 Å². The van der Waals surface area contributed by atoms with Gasteiger partial charge in [0.05, 0.1) is 5.56 Å². The molecule has 2 N–H and O–H groups in total. The van der Waals surface area contributed by atoms with Crippen molar-refractivity contribution in [2.75, 3.05) is 0 Å². The van der Waals surface area contributed by atoms with Gasteiger partial charge in [-0.3, -0.25) is 0 Å². The second kappa shape index (κ2) is 9.00. The first-order valence-corrected chi connectivity index (χ1v) is 10.3. The third kappa shape index (κ3) is 4.75. The zero-order valence-electron chi connectivity index (χ0n) is 17.0. The molecule has 0 atom stereocenters. The van der Waals surface area contributed by atoms with Crippen LogP contribution in [0.25, 0.3) is 21.9 Å². The van der Waals surface area contributed by atoms with Gasteiger partial charge in [-0.1, -0.05) is 48.5 Å². The lowest BCUT2D eigenvalue weighted by Crippen LogP contribution is -2.03. The molecule has 0 aromatic heterocycles. The highest BCUT2D eigenvalue weighted by molar-refractivity contribution is 5.90. The third-order valence-electron chi connectivity index (χ3n) is 5.61. The lowest BCUT2D eigenvalue weighted by molar-refractivity contribution is 0.0695. The minimum absolute atomic E-state index is 0.253. The van der Waals surface area contributed by atoms with E-state index in [1.807, 2.05) is 24.3 Å². The fourth-order valence-electron chi connectivity index (χ4n) is 4.01. The van der Waals surface area contributed by atoms with Gasteiger partial charge in [-0.05, 0) is 89.0 Å². The van der Waals surface area contributed by atoms with Crippen molar-refractivity contribution in [2.45, 2.75) is 25.7 Å². The lowest BCUT2D eigenvalue weighted by Gasteiger charge is -2.11. The summed E-state index contributed by atoms with van der Waals surface area (Å²) in [6.45, 7) is 0. The van der Waals surface area contributed by atoms with Crippen molar-refractivity contribution < 1.29 is 19.4 Å². The van der Waals surface area contributed by atoms with Crippen molar-refractivity contribution in [3.05, 3.63) is 101 Å². The van der Waals surface area contributed by atoms with Crippen LogP contribution in [0.1, 0.15) is 34.3 Å². The van der Waals surface area contributed by atoms with Crippen LogP contribution < -0.4 is 0 Å². The minimum atomic E-state index is -0.940. The number of phenols is 1. The van der Waals surface area contributed by atoms with Crippen molar-refractivity contribution in [3.63, 3.8) is 0 Å². The van der Waals surface area contributed by atoms with Crippen LogP contribution in [0.4, 0.5) is 4.39 Å². The summed E-state index contributed by atoms with van der Waals surface area (Å²) >= 11 is 0. The molecule has 0 fully saturated rings. The van der Waals surface area contributed by atoms with E-state index in [1.54, 1.807) is 36.4 Å². The largest absolute Gasteiger partial charge is 0.508 e.